The second-order valence-corrected chi connectivity index (χ2v) is 11.6. The van der Waals surface area contributed by atoms with Gasteiger partial charge in [0.05, 0.1) is 21.1 Å². The Bertz CT molecular complexity index is 1510. The van der Waals surface area contributed by atoms with Crippen LogP contribution in [0.2, 0.25) is 10.0 Å². The lowest BCUT2D eigenvalue weighted by molar-refractivity contribution is -0.111. The van der Waals surface area contributed by atoms with E-state index in [4.69, 9.17) is 23.2 Å². The number of benzene rings is 3. The molecule has 0 saturated carbocycles. The molecular weight excluding hydrogens is 535 g/mol. The van der Waals surface area contributed by atoms with Crippen molar-refractivity contribution in [1.82, 2.24) is 0 Å². The van der Waals surface area contributed by atoms with Gasteiger partial charge in [0, 0.05) is 21.3 Å². The summed E-state index contributed by atoms with van der Waals surface area (Å²) in [7, 11) is -8.14. The number of halogens is 2. The lowest BCUT2D eigenvalue weighted by atomic mass is 9.99. The Morgan fingerprint density at radius 2 is 1.20 bits per heavy atom. The Balaban J connectivity index is 2.08. The highest BCUT2D eigenvalue weighted by Gasteiger charge is 2.22. The highest BCUT2D eigenvalue weighted by Crippen LogP contribution is 2.32. The van der Waals surface area contributed by atoms with E-state index in [1.54, 1.807) is 0 Å². The molecule has 0 amide bonds. The monoisotopic (exact) mass is 554 g/mol. The molecule has 8 nitrogen and oxygen atoms in total. The van der Waals surface area contributed by atoms with Gasteiger partial charge in [0.15, 0.2) is 5.78 Å². The average Bonchev–Trinajstić information content (AvgIpc) is 2.75. The summed E-state index contributed by atoms with van der Waals surface area (Å²) in [5.41, 5.74) is -0.227. The quantitative estimate of drug-likeness (QED) is 0.250. The zero-order valence-corrected chi connectivity index (χ0v) is 21.6. The molecule has 0 unspecified atom stereocenters. The average molecular weight is 555 g/mol. The van der Waals surface area contributed by atoms with E-state index < -0.39 is 25.8 Å². The van der Waals surface area contributed by atoms with Crippen LogP contribution >= 0.6 is 23.2 Å². The van der Waals surface area contributed by atoms with E-state index >= 15 is 0 Å². The third-order valence-corrected chi connectivity index (χ3v) is 8.03. The molecule has 0 aliphatic carbocycles. The van der Waals surface area contributed by atoms with Crippen LogP contribution < -0.4 is 9.44 Å². The molecule has 3 N–H and O–H groups in total. The molecule has 3 rings (SSSR count). The van der Waals surface area contributed by atoms with E-state index in [1.165, 1.54) is 80.6 Å². The number of hydrogen-bond donors (Lipinski definition) is 3. The number of anilines is 2. The fraction of sp³-hybridized carbons (Fsp3) is 0.0870. The van der Waals surface area contributed by atoms with Crippen LogP contribution in [0.25, 0.3) is 5.57 Å². The number of hydrogen-bond acceptors (Lipinski definition) is 6. The zero-order valence-electron chi connectivity index (χ0n) is 18.4. The van der Waals surface area contributed by atoms with Crippen molar-refractivity contribution in [3.8, 4) is 0 Å². The summed E-state index contributed by atoms with van der Waals surface area (Å²) in [5.74, 6) is -0.934. The molecule has 0 spiro atoms. The van der Waals surface area contributed by atoms with Crippen LogP contribution in [0.1, 0.15) is 19.4 Å². The van der Waals surface area contributed by atoms with Crippen molar-refractivity contribution in [2.75, 3.05) is 9.44 Å². The van der Waals surface area contributed by atoms with Crippen molar-refractivity contribution in [2.45, 2.75) is 23.6 Å². The van der Waals surface area contributed by atoms with Gasteiger partial charge in [-0.3, -0.25) is 14.2 Å². The predicted octanol–water partition coefficient (Wildman–Crippen LogP) is 5.47. The van der Waals surface area contributed by atoms with Gasteiger partial charge >= 0.3 is 0 Å². The molecule has 0 heterocycles. The Kier molecular flexibility index (Phi) is 7.80. The van der Waals surface area contributed by atoms with Gasteiger partial charge in [0.1, 0.15) is 5.76 Å². The Morgan fingerprint density at radius 1 is 0.743 bits per heavy atom. The molecule has 0 radical (unpaired) electrons. The van der Waals surface area contributed by atoms with Gasteiger partial charge in [-0.15, -0.1) is 0 Å². The van der Waals surface area contributed by atoms with Gasteiger partial charge in [-0.2, -0.15) is 0 Å². The van der Waals surface area contributed by atoms with Crippen LogP contribution in [-0.2, 0) is 24.8 Å². The minimum absolute atomic E-state index is 0.0219. The van der Waals surface area contributed by atoms with Crippen LogP contribution in [-0.4, -0.2) is 27.7 Å². The molecule has 0 saturated heterocycles. The molecule has 0 bridgehead atoms. The molecule has 0 atom stereocenters. The predicted molar refractivity (Wildman–Crippen MR) is 137 cm³/mol. The standard InChI is InChI=1S/C23H20Cl2N2O6S2/c1-14(28)23(15(2)29)21-13-18(26-34(30,31)19-8-3-16(24)4-9-19)7-12-22(21)27-35(32,33)20-10-5-17(25)6-11-20/h3-13,26-28H,1-2H3/b23-14-. The number of rotatable bonds is 8. The van der Waals surface area contributed by atoms with E-state index in [0.717, 1.165) is 0 Å². The number of nitrogens with one attached hydrogen (secondary N) is 2. The first-order valence-corrected chi connectivity index (χ1v) is 13.6. The number of aliphatic hydroxyl groups is 1. The molecular formula is C23H20Cl2N2O6S2. The molecule has 184 valence electrons. The molecule has 3 aromatic carbocycles. The molecule has 3 aromatic rings. The first-order valence-electron chi connectivity index (χ1n) is 9.92. The molecule has 35 heavy (non-hydrogen) atoms. The molecule has 0 aliphatic rings. The van der Waals surface area contributed by atoms with E-state index in [0.29, 0.717) is 10.0 Å². The number of carbonyl (C=O) groups excluding carboxylic acids is 1. The fourth-order valence-electron chi connectivity index (χ4n) is 3.19. The maximum Gasteiger partial charge on any atom is 0.261 e. The summed E-state index contributed by atoms with van der Waals surface area (Å²) in [4.78, 5) is 12.2. The minimum Gasteiger partial charge on any atom is -0.512 e. The molecule has 0 aliphatic heterocycles. The van der Waals surface area contributed by atoms with Crippen LogP contribution in [0.4, 0.5) is 11.4 Å². The van der Waals surface area contributed by atoms with Crippen LogP contribution in [0.3, 0.4) is 0 Å². The lowest BCUT2D eigenvalue weighted by Gasteiger charge is -2.17. The van der Waals surface area contributed by atoms with Crippen molar-refractivity contribution in [2.24, 2.45) is 0 Å². The second-order valence-electron chi connectivity index (χ2n) is 7.40. The normalized spacial score (nSPS) is 12.6. The smallest absolute Gasteiger partial charge is 0.261 e. The number of sulfonamides is 2. The summed E-state index contributed by atoms with van der Waals surface area (Å²) in [6.45, 7) is 2.45. The first-order chi connectivity index (χ1) is 16.3. The van der Waals surface area contributed by atoms with Crippen molar-refractivity contribution in [3.05, 3.63) is 88.1 Å². The third kappa shape index (κ3) is 6.34. The Labute approximate surface area is 213 Å². The number of carbonyl (C=O) groups is 1. The summed E-state index contributed by atoms with van der Waals surface area (Å²) in [6.07, 6.45) is 0. The maximum atomic E-state index is 12.9. The van der Waals surface area contributed by atoms with E-state index in [1.807, 2.05) is 0 Å². The highest BCUT2D eigenvalue weighted by molar-refractivity contribution is 7.93. The number of allylic oxidation sites excluding steroid dienone is 2. The first kappa shape index (κ1) is 26.6. The van der Waals surface area contributed by atoms with Crippen LogP contribution in [0.5, 0.6) is 0 Å². The summed E-state index contributed by atoms with van der Waals surface area (Å²) in [5, 5.41) is 10.9. The summed E-state index contributed by atoms with van der Waals surface area (Å²) >= 11 is 11.7. The second kappa shape index (κ2) is 10.3. The van der Waals surface area contributed by atoms with Gasteiger partial charge in [0.2, 0.25) is 0 Å². The third-order valence-electron chi connectivity index (χ3n) is 4.75. The Hall–Kier alpha value is -3.05. The van der Waals surface area contributed by atoms with Gasteiger partial charge in [-0.05, 0) is 80.6 Å². The maximum absolute atomic E-state index is 12.9. The fourth-order valence-corrected chi connectivity index (χ4v) is 5.57. The highest BCUT2D eigenvalue weighted by atomic mass is 35.5. The Morgan fingerprint density at radius 3 is 1.63 bits per heavy atom. The van der Waals surface area contributed by atoms with E-state index in [2.05, 4.69) is 9.44 Å². The molecule has 0 fully saturated rings. The van der Waals surface area contributed by atoms with Crippen LogP contribution in [0, 0.1) is 0 Å². The number of Topliss-reactive ketones (excluding diaryl/α,β-unsaturated/α-hetero) is 1. The van der Waals surface area contributed by atoms with E-state index in [-0.39, 0.29) is 38.1 Å². The molecule has 12 heteroatoms. The number of ketones is 1. The van der Waals surface area contributed by atoms with Crippen molar-refractivity contribution < 1.29 is 26.7 Å². The number of aliphatic hydroxyl groups excluding tert-OH is 1. The van der Waals surface area contributed by atoms with E-state index in [9.17, 15) is 26.7 Å². The van der Waals surface area contributed by atoms with Gasteiger partial charge in [-0.1, -0.05) is 23.2 Å². The largest absolute Gasteiger partial charge is 0.512 e. The van der Waals surface area contributed by atoms with Crippen molar-refractivity contribution in [3.63, 3.8) is 0 Å². The summed E-state index contributed by atoms with van der Waals surface area (Å²) < 4.78 is 56.2. The topological polar surface area (TPSA) is 130 Å². The van der Waals surface area contributed by atoms with Gasteiger partial charge in [0.25, 0.3) is 20.0 Å². The SMILES string of the molecule is CC(=O)/C(=C(\C)O)c1cc(NS(=O)(=O)c2ccc(Cl)cc2)ccc1NS(=O)(=O)c1ccc(Cl)cc1. The lowest BCUT2D eigenvalue weighted by Crippen LogP contribution is -2.16. The van der Waals surface area contributed by atoms with Crippen molar-refractivity contribution >= 4 is 66.0 Å². The zero-order chi connectivity index (χ0) is 26.0. The van der Waals surface area contributed by atoms with Crippen molar-refractivity contribution in [1.29, 1.82) is 0 Å². The summed E-state index contributed by atoms with van der Waals surface area (Å²) in [6, 6.07) is 14.8. The van der Waals surface area contributed by atoms with Gasteiger partial charge in [-0.25, -0.2) is 16.8 Å². The van der Waals surface area contributed by atoms with Gasteiger partial charge < -0.3 is 5.11 Å². The molecule has 0 aromatic heterocycles. The van der Waals surface area contributed by atoms with Crippen LogP contribution in [0.15, 0.2) is 82.3 Å². The minimum atomic E-state index is -4.11.